The number of nitrogens with one attached hydrogen (secondary N) is 1. The number of hydrogen-bond donors (Lipinski definition) is 2. The van der Waals surface area contributed by atoms with Gasteiger partial charge in [-0.05, 0) is 53.8 Å². The van der Waals surface area contributed by atoms with Crippen LogP contribution in [-0.2, 0) is 30.4 Å². The van der Waals surface area contributed by atoms with E-state index in [1.807, 2.05) is 13.0 Å². The second-order valence-electron chi connectivity index (χ2n) is 8.62. The van der Waals surface area contributed by atoms with E-state index in [0.717, 1.165) is 29.0 Å². The molecule has 0 fully saturated rings. The van der Waals surface area contributed by atoms with Gasteiger partial charge in [0.25, 0.3) is 0 Å². The van der Waals surface area contributed by atoms with Crippen molar-refractivity contribution in [1.29, 1.82) is 0 Å². The third kappa shape index (κ3) is 6.58. The lowest BCUT2D eigenvalue weighted by atomic mass is 10.1. The third-order valence-corrected chi connectivity index (χ3v) is 5.99. The van der Waals surface area contributed by atoms with Crippen molar-refractivity contribution in [2.75, 3.05) is 18.1 Å². The summed E-state index contributed by atoms with van der Waals surface area (Å²) >= 11 is 0. The summed E-state index contributed by atoms with van der Waals surface area (Å²) in [6, 6.07) is 10.9. The van der Waals surface area contributed by atoms with Gasteiger partial charge in [0.1, 0.15) is 5.75 Å². The molecule has 2 N–H and O–H groups in total. The standard InChI is InChI=1S/C27H27F3N4O3/c1-2-18-14-32-26(33-15-18)34(17-19-6-3-4-7-23(19)27(28,29)30)10-5-11-37-21-8-9-24-22(13-21)20(16-31-24)12-25(35)36/h3-4,6-9,13-16,31H,2,5,10-12,17H2,1H3,(H,35,36). The van der Waals surface area contributed by atoms with Crippen LogP contribution in [0, 0.1) is 0 Å². The van der Waals surface area contributed by atoms with Crippen LogP contribution in [0.15, 0.2) is 61.1 Å². The molecule has 0 saturated heterocycles. The fourth-order valence-corrected chi connectivity index (χ4v) is 4.09. The number of carbonyl (C=O) groups is 1. The number of nitrogens with zero attached hydrogens (tertiary/aromatic N) is 3. The molecule has 2 heterocycles. The van der Waals surface area contributed by atoms with Crippen molar-refractivity contribution in [3.05, 3.63) is 83.3 Å². The molecule has 0 radical (unpaired) electrons. The topological polar surface area (TPSA) is 91.3 Å². The molecule has 7 nitrogen and oxygen atoms in total. The van der Waals surface area contributed by atoms with Gasteiger partial charge in [0.2, 0.25) is 5.95 Å². The summed E-state index contributed by atoms with van der Waals surface area (Å²) in [5.41, 5.74) is 1.87. The monoisotopic (exact) mass is 512 g/mol. The number of anilines is 1. The average Bonchev–Trinajstić information content (AvgIpc) is 3.27. The summed E-state index contributed by atoms with van der Waals surface area (Å²) in [5.74, 6) is 0.00563. The molecule has 0 amide bonds. The van der Waals surface area contributed by atoms with Crippen LogP contribution in [0.1, 0.15) is 35.6 Å². The number of aromatic amines is 1. The lowest BCUT2D eigenvalue weighted by molar-refractivity contribution is -0.138. The van der Waals surface area contributed by atoms with Crippen molar-refractivity contribution in [2.45, 2.75) is 38.9 Å². The van der Waals surface area contributed by atoms with E-state index in [1.165, 1.54) is 12.1 Å². The fraction of sp³-hybridized carbons (Fsp3) is 0.296. The predicted molar refractivity (Wildman–Crippen MR) is 134 cm³/mol. The van der Waals surface area contributed by atoms with E-state index in [4.69, 9.17) is 9.84 Å². The first kappa shape index (κ1) is 26.0. The van der Waals surface area contributed by atoms with Crippen LogP contribution in [0.3, 0.4) is 0 Å². The number of rotatable bonds is 11. The van der Waals surface area contributed by atoms with Crippen LogP contribution in [0.2, 0.25) is 0 Å². The summed E-state index contributed by atoms with van der Waals surface area (Å²) in [5, 5.41) is 9.88. The molecule has 0 atom stereocenters. The number of alkyl halides is 3. The van der Waals surface area contributed by atoms with Gasteiger partial charge in [-0.25, -0.2) is 9.97 Å². The number of halogens is 3. The minimum Gasteiger partial charge on any atom is -0.494 e. The zero-order valence-corrected chi connectivity index (χ0v) is 20.3. The quantitative estimate of drug-likeness (QED) is 0.253. The van der Waals surface area contributed by atoms with Gasteiger partial charge in [-0.1, -0.05) is 25.1 Å². The molecule has 4 rings (SSSR count). The number of ether oxygens (including phenoxy) is 1. The van der Waals surface area contributed by atoms with Crippen molar-refractivity contribution in [2.24, 2.45) is 0 Å². The number of fused-ring (bicyclic) bond motifs is 1. The van der Waals surface area contributed by atoms with E-state index in [2.05, 4.69) is 15.0 Å². The summed E-state index contributed by atoms with van der Waals surface area (Å²) < 4.78 is 46.6. The molecule has 10 heteroatoms. The first-order valence-corrected chi connectivity index (χ1v) is 11.9. The number of benzene rings is 2. The Hall–Kier alpha value is -4.08. The van der Waals surface area contributed by atoms with Gasteiger partial charge >= 0.3 is 12.1 Å². The second-order valence-corrected chi connectivity index (χ2v) is 8.62. The van der Waals surface area contributed by atoms with Gasteiger partial charge in [0, 0.05) is 42.6 Å². The third-order valence-electron chi connectivity index (χ3n) is 5.99. The van der Waals surface area contributed by atoms with Crippen molar-refractivity contribution in [3.8, 4) is 5.75 Å². The minimum absolute atomic E-state index is 0.00495. The van der Waals surface area contributed by atoms with Gasteiger partial charge in [-0.15, -0.1) is 0 Å². The van der Waals surface area contributed by atoms with Gasteiger partial charge in [-0.3, -0.25) is 4.79 Å². The van der Waals surface area contributed by atoms with Gasteiger partial charge < -0.3 is 19.7 Å². The normalized spacial score (nSPS) is 11.6. The number of carboxylic acids is 1. The molecule has 194 valence electrons. The summed E-state index contributed by atoms with van der Waals surface area (Å²) in [6.07, 6.45) is 1.72. The van der Waals surface area contributed by atoms with E-state index >= 15 is 0 Å². The Morgan fingerprint density at radius 1 is 1.11 bits per heavy atom. The Morgan fingerprint density at radius 3 is 2.57 bits per heavy atom. The second kappa shape index (κ2) is 11.3. The van der Waals surface area contributed by atoms with Crippen LogP contribution < -0.4 is 9.64 Å². The van der Waals surface area contributed by atoms with Crippen LogP contribution in [-0.4, -0.2) is 39.2 Å². The molecule has 0 aliphatic carbocycles. The Morgan fingerprint density at radius 2 is 1.86 bits per heavy atom. The van der Waals surface area contributed by atoms with Gasteiger partial charge in [0.15, 0.2) is 0 Å². The molecule has 37 heavy (non-hydrogen) atoms. The van der Waals surface area contributed by atoms with E-state index < -0.39 is 17.7 Å². The van der Waals surface area contributed by atoms with Crippen molar-refractivity contribution < 1.29 is 27.8 Å². The Labute approximate surface area is 211 Å². The molecule has 0 aliphatic rings. The summed E-state index contributed by atoms with van der Waals surface area (Å²) in [4.78, 5) is 24.6. The molecule has 4 aromatic rings. The Balaban J connectivity index is 1.46. The molecule has 0 saturated carbocycles. The molecule has 0 unspecified atom stereocenters. The molecular weight excluding hydrogens is 485 g/mol. The number of aryl methyl sites for hydroxylation is 1. The average molecular weight is 513 g/mol. The van der Waals surface area contributed by atoms with E-state index in [1.54, 1.807) is 41.7 Å². The maximum atomic E-state index is 13.6. The SMILES string of the molecule is CCc1cnc(N(CCCOc2ccc3[nH]cc(CC(=O)O)c3c2)Cc2ccccc2C(F)(F)F)nc1. The predicted octanol–water partition coefficient (Wildman–Crippen LogP) is 5.64. The highest BCUT2D eigenvalue weighted by Gasteiger charge is 2.33. The molecule has 0 spiro atoms. The zero-order chi connectivity index (χ0) is 26.4. The lowest BCUT2D eigenvalue weighted by Gasteiger charge is -2.24. The highest BCUT2D eigenvalue weighted by atomic mass is 19.4. The van der Waals surface area contributed by atoms with E-state index in [9.17, 15) is 18.0 Å². The van der Waals surface area contributed by atoms with Gasteiger partial charge in [-0.2, -0.15) is 13.2 Å². The van der Waals surface area contributed by atoms with Crippen molar-refractivity contribution >= 4 is 22.8 Å². The molecule has 2 aromatic heterocycles. The molecule has 0 aliphatic heterocycles. The molecule has 2 aromatic carbocycles. The van der Waals surface area contributed by atoms with Crippen LogP contribution in [0.25, 0.3) is 10.9 Å². The fourth-order valence-electron chi connectivity index (χ4n) is 4.09. The van der Waals surface area contributed by atoms with E-state index in [-0.39, 0.29) is 18.5 Å². The minimum atomic E-state index is -4.46. The van der Waals surface area contributed by atoms with E-state index in [0.29, 0.717) is 36.8 Å². The lowest BCUT2D eigenvalue weighted by Crippen LogP contribution is -2.28. The number of H-pyrrole nitrogens is 1. The largest absolute Gasteiger partial charge is 0.494 e. The van der Waals surface area contributed by atoms with Gasteiger partial charge in [0.05, 0.1) is 18.6 Å². The number of aliphatic carboxylic acids is 1. The maximum absolute atomic E-state index is 13.6. The summed E-state index contributed by atoms with van der Waals surface area (Å²) in [6.45, 7) is 2.64. The Bertz CT molecular complexity index is 1350. The zero-order valence-electron chi connectivity index (χ0n) is 20.3. The van der Waals surface area contributed by atoms with Crippen LogP contribution in [0.5, 0.6) is 5.75 Å². The maximum Gasteiger partial charge on any atom is 0.416 e. The highest BCUT2D eigenvalue weighted by Crippen LogP contribution is 2.33. The number of aromatic nitrogens is 3. The number of hydrogen-bond acceptors (Lipinski definition) is 5. The smallest absolute Gasteiger partial charge is 0.416 e. The molecule has 0 bridgehead atoms. The highest BCUT2D eigenvalue weighted by molar-refractivity contribution is 5.88. The van der Waals surface area contributed by atoms with Crippen molar-refractivity contribution in [3.63, 3.8) is 0 Å². The first-order chi connectivity index (χ1) is 17.7. The summed E-state index contributed by atoms with van der Waals surface area (Å²) in [7, 11) is 0. The van der Waals surface area contributed by atoms with Crippen LogP contribution >= 0.6 is 0 Å². The Kier molecular flexibility index (Phi) is 7.95. The molecular formula is C27H27F3N4O3. The first-order valence-electron chi connectivity index (χ1n) is 11.9. The number of carboxylic acid groups (broad SMARTS) is 1. The van der Waals surface area contributed by atoms with Crippen molar-refractivity contribution in [1.82, 2.24) is 15.0 Å². The van der Waals surface area contributed by atoms with Crippen LogP contribution in [0.4, 0.5) is 19.1 Å².